The van der Waals surface area contributed by atoms with Gasteiger partial charge in [0.05, 0.1) is 25.4 Å². The number of rotatable bonds is 8. The zero-order valence-electron chi connectivity index (χ0n) is 15.8. The first-order chi connectivity index (χ1) is 12.1. The molecule has 0 atom stereocenters. The van der Waals surface area contributed by atoms with Crippen LogP contribution in [0.5, 0.6) is 5.88 Å². The van der Waals surface area contributed by atoms with Gasteiger partial charge in [-0.3, -0.25) is 0 Å². The lowest BCUT2D eigenvalue weighted by Crippen LogP contribution is -2.36. The molecule has 2 N–H and O–H groups in total. The number of hydrogen-bond donors (Lipinski definition) is 2. The van der Waals surface area contributed by atoms with Crippen molar-refractivity contribution in [3.63, 3.8) is 0 Å². The Morgan fingerprint density at radius 3 is 2.77 bits per heavy atom. The Morgan fingerprint density at radius 1 is 1.31 bits per heavy atom. The first-order valence-electron chi connectivity index (χ1n) is 8.68. The number of aliphatic imine (C=N–C) groups is 1. The predicted octanol–water partition coefficient (Wildman–Crippen LogP) is 3.47. The molecule has 0 bridgehead atoms. The van der Waals surface area contributed by atoms with Gasteiger partial charge < -0.3 is 19.9 Å². The Bertz CT molecular complexity index is 688. The largest absolute Gasteiger partial charge is 0.478 e. The van der Waals surface area contributed by atoms with Gasteiger partial charge in [0.2, 0.25) is 5.88 Å². The standard InChI is InChI=1S/C18H27N5O2.HI/c1-5-19-18(22-12-15-10-16(13(3)4)23-25-15)21-11-14-8-7-9-20-17(14)24-6-2;/h7-10,13H,5-6,11-12H2,1-4H3,(H2,19,21,22);1H. The predicted molar refractivity (Wildman–Crippen MR) is 113 cm³/mol. The third-order valence-corrected chi connectivity index (χ3v) is 3.48. The lowest BCUT2D eigenvalue weighted by molar-refractivity contribution is 0.323. The average Bonchev–Trinajstić information content (AvgIpc) is 3.08. The van der Waals surface area contributed by atoms with Crippen LogP contribution in [0.4, 0.5) is 0 Å². The van der Waals surface area contributed by atoms with Crippen LogP contribution in [0.1, 0.15) is 50.6 Å². The highest BCUT2D eigenvalue weighted by atomic mass is 127. The Kier molecular flexibility index (Phi) is 10.0. The van der Waals surface area contributed by atoms with Gasteiger partial charge in [-0.1, -0.05) is 25.1 Å². The first-order valence-corrected chi connectivity index (χ1v) is 8.68. The highest BCUT2D eigenvalue weighted by molar-refractivity contribution is 14.0. The Hall–Kier alpha value is -1.84. The number of aromatic nitrogens is 2. The van der Waals surface area contributed by atoms with E-state index in [4.69, 9.17) is 9.26 Å². The lowest BCUT2D eigenvalue weighted by atomic mass is 10.1. The second-order valence-corrected chi connectivity index (χ2v) is 5.82. The quantitative estimate of drug-likeness (QED) is 0.347. The van der Waals surface area contributed by atoms with Crippen LogP contribution in [0, 0.1) is 0 Å². The molecule has 2 rings (SSSR count). The van der Waals surface area contributed by atoms with Crippen molar-refractivity contribution in [1.29, 1.82) is 0 Å². The van der Waals surface area contributed by atoms with Crippen LogP contribution >= 0.6 is 24.0 Å². The van der Waals surface area contributed by atoms with E-state index < -0.39 is 0 Å². The molecule has 0 fully saturated rings. The van der Waals surface area contributed by atoms with Crippen molar-refractivity contribution in [2.24, 2.45) is 4.99 Å². The summed E-state index contributed by atoms with van der Waals surface area (Å²) in [7, 11) is 0. The number of ether oxygens (including phenoxy) is 1. The van der Waals surface area contributed by atoms with E-state index in [0.29, 0.717) is 37.5 Å². The SMILES string of the molecule is CCNC(=NCc1cccnc1OCC)NCc1cc(C(C)C)no1.I. The molecule has 0 aromatic carbocycles. The molecule has 7 nitrogen and oxygen atoms in total. The van der Waals surface area contributed by atoms with Crippen molar-refractivity contribution < 1.29 is 9.26 Å². The van der Waals surface area contributed by atoms with Crippen molar-refractivity contribution >= 4 is 29.9 Å². The van der Waals surface area contributed by atoms with Gasteiger partial charge in [0.1, 0.15) is 0 Å². The van der Waals surface area contributed by atoms with Crippen LogP contribution in [-0.4, -0.2) is 29.3 Å². The number of hydrogen-bond acceptors (Lipinski definition) is 5. The summed E-state index contributed by atoms with van der Waals surface area (Å²) in [5, 5.41) is 10.5. The second kappa shape index (κ2) is 11.7. The van der Waals surface area contributed by atoms with Gasteiger partial charge in [-0.25, -0.2) is 9.98 Å². The molecular formula is C18H28IN5O2. The minimum absolute atomic E-state index is 0. The van der Waals surface area contributed by atoms with Crippen molar-refractivity contribution in [1.82, 2.24) is 20.8 Å². The highest BCUT2D eigenvalue weighted by Gasteiger charge is 2.09. The lowest BCUT2D eigenvalue weighted by Gasteiger charge is -2.11. The van der Waals surface area contributed by atoms with Gasteiger partial charge >= 0.3 is 0 Å². The molecule has 0 amide bonds. The summed E-state index contributed by atoms with van der Waals surface area (Å²) >= 11 is 0. The van der Waals surface area contributed by atoms with E-state index in [1.165, 1.54) is 0 Å². The minimum Gasteiger partial charge on any atom is -0.478 e. The molecule has 2 aromatic rings. The normalized spacial score (nSPS) is 11.2. The smallest absolute Gasteiger partial charge is 0.218 e. The molecule has 0 spiro atoms. The monoisotopic (exact) mass is 473 g/mol. The van der Waals surface area contributed by atoms with Crippen LogP contribution in [0.3, 0.4) is 0 Å². The Morgan fingerprint density at radius 2 is 2.12 bits per heavy atom. The fourth-order valence-electron chi connectivity index (χ4n) is 2.17. The van der Waals surface area contributed by atoms with Gasteiger partial charge in [-0.05, 0) is 25.8 Å². The molecule has 0 saturated heterocycles. The molecule has 2 aromatic heterocycles. The summed E-state index contributed by atoms with van der Waals surface area (Å²) in [4.78, 5) is 8.85. The summed E-state index contributed by atoms with van der Waals surface area (Å²) in [6.07, 6.45) is 1.72. The maximum atomic E-state index is 5.54. The third kappa shape index (κ3) is 6.81. The number of pyridine rings is 1. The summed E-state index contributed by atoms with van der Waals surface area (Å²) in [5.41, 5.74) is 1.90. The highest BCUT2D eigenvalue weighted by Crippen LogP contribution is 2.15. The van der Waals surface area contributed by atoms with Crippen LogP contribution in [-0.2, 0) is 13.1 Å². The third-order valence-electron chi connectivity index (χ3n) is 3.48. The molecule has 0 unspecified atom stereocenters. The van der Waals surface area contributed by atoms with E-state index in [2.05, 4.69) is 39.6 Å². The van der Waals surface area contributed by atoms with Gasteiger partial charge in [-0.15, -0.1) is 24.0 Å². The average molecular weight is 473 g/mol. The zero-order chi connectivity index (χ0) is 18.1. The molecule has 0 aliphatic carbocycles. The van der Waals surface area contributed by atoms with E-state index in [1.54, 1.807) is 6.20 Å². The molecular weight excluding hydrogens is 445 g/mol. The van der Waals surface area contributed by atoms with E-state index in [0.717, 1.165) is 23.6 Å². The summed E-state index contributed by atoms with van der Waals surface area (Å²) < 4.78 is 10.9. The minimum atomic E-state index is 0. The number of halogens is 1. The number of nitrogens with zero attached hydrogens (tertiary/aromatic N) is 3. The summed E-state index contributed by atoms with van der Waals surface area (Å²) in [6, 6.07) is 5.82. The van der Waals surface area contributed by atoms with Crippen LogP contribution in [0.15, 0.2) is 33.9 Å². The maximum absolute atomic E-state index is 5.54. The van der Waals surface area contributed by atoms with Crippen molar-refractivity contribution in [2.45, 2.75) is 46.7 Å². The number of guanidine groups is 1. The Labute approximate surface area is 172 Å². The molecule has 0 saturated carbocycles. The van der Waals surface area contributed by atoms with Gasteiger partial charge in [0, 0.05) is 24.4 Å². The topological polar surface area (TPSA) is 84.6 Å². The van der Waals surface area contributed by atoms with Crippen molar-refractivity contribution in [3.05, 3.63) is 41.4 Å². The van der Waals surface area contributed by atoms with E-state index in [9.17, 15) is 0 Å². The zero-order valence-corrected chi connectivity index (χ0v) is 18.1. The molecule has 0 aliphatic heterocycles. The fraction of sp³-hybridized carbons (Fsp3) is 0.500. The maximum Gasteiger partial charge on any atom is 0.218 e. The van der Waals surface area contributed by atoms with E-state index >= 15 is 0 Å². The number of nitrogens with one attached hydrogen (secondary N) is 2. The van der Waals surface area contributed by atoms with Gasteiger partial charge in [0.15, 0.2) is 11.7 Å². The van der Waals surface area contributed by atoms with Gasteiger partial charge in [0.25, 0.3) is 0 Å². The molecule has 0 aliphatic rings. The summed E-state index contributed by atoms with van der Waals surface area (Å²) in [5.74, 6) is 2.46. The van der Waals surface area contributed by atoms with Gasteiger partial charge in [-0.2, -0.15) is 0 Å². The first kappa shape index (κ1) is 22.2. The fourth-order valence-corrected chi connectivity index (χ4v) is 2.17. The molecule has 2 heterocycles. The van der Waals surface area contributed by atoms with E-state index in [-0.39, 0.29) is 24.0 Å². The second-order valence-electron chi connectivity index (χ2n) is 5.82. The van der Waals surface area contributed by atoms with Crippen LogP contribution < -0.4 is 15.4 Å². The van der Waals surface area contributed by atoms with Crippen LogP contribution in [0.25, 0.3) is 0 Å². The van der Waals surface area contributed by atoms with Crippen molar-refractivity contribution in [2.75, 3.05) is 13.2 Å². The van der Waals surface area contributed by atoms with Crippen LogP contribution in [0.2, 0.25) is 0 Å². The van der Waals surface area contributed by atoms with Crippen molar-refractivity contribution in [3.8, 4) is 5.88 Å². The molecule has 0 radical (unpaired) electrons. The molecule has 8 heteroatoms. The van der Waals surface area contributed by atoms with E-state index in [1.807, 2.05) is 32.0 Å². The molecule has 144 valence electrons. The Balaban J connectivity index is 0.00000338. The molecule has 26 heavy (non-hydrogen) atoms. The summed E-state index contributed by atoms with van der Waals surface area (Å²) in [6.45, 7) is 10.5.